The second-order valence-corrected chi connectivity index (χ2v) is 10.4. The molecule has 33 heavy (non-hydrogen) atoms. The molecule has 1 heterocycles. The number of piperazine rings is 1. The number of rotatable bonds is 7. The van der Waals surface area contributed by atoms with Crippen molar-refractivity contribution >= 4 is 11.6 Å². The maximum absolute atomic E-state index is 13.0. The smallest absolute Gasteiger partial charge is 0.369 e. The molecule has 0 spiro atoms. The van der Waals surface area contributed by atoms with Crippen molar-refractivity contribution in [2.24, 2.45) is 5.92 Å². The number of anilines is 1. The number of carbonyl (C=O) groups is 1. The average molecular weight is 470 g/mol. The zero-order chi connectivity index (χ0) is 24.1. The van der Waals surface area contributed by atoms with Crippen LogP contribution in [-0.4, -0.2) is 61.8 Å². The topological polar surface area (TPSA) is 44.8 Å². The first-order valence-corrected chi connectivity index (χ1v) is 12.1. The molecule has 1 aromatic rings. The van der Waals surface area contributed by atoms with Gasteiger partial charge in [-0.1, -0.05) is 6.07 Å². The minimum Gasteiger partial charge on any atom is -0.369 e. The van der Waals surface area contributed by atoms with Crippen LogP contribution >= 0.6 is 0 Å². The average Bonchev–Trinajstić information content (AvgIpc) is 2.77. The minimum absolute atomic E-state index is 0.0352. The van der Waals surface area contributed by atoms with Crippen molar-refractivity contribution in [1.82, 2.24) is 10.2 Å². The van der Waals surface area contributed by atoms with Crippen molar-refractivity contribution < 1.29 is 22.7 Å². The number of ether oxygens (including phenoxy) is 1. The molecule has 0 bridgehead atoms. The number of nitrogens with zero attached hydrogens (tertiary/aromatic N) is 2. The van der Waals surface area contributed by atoms with E-state index in [1.165, 1.54) is 12.1 Å². The van der Waals surface area contributed by atoms with Crippen LogP contribution < -0.4 is 10.2 Å². The lowest BCUT2D eigenvalue weighted by Gasteiger charge is -2.37. The first-order valence-electron chi connectivity index (χ1n) is 12.1. The Balaban J connectivity index is 1.33. The SMILES string of the molecule is CC(C)(C)OCC(=O)NC1CCC(CCN2CCN(c3cccc(C(F)(F)F)c3)CC2)CC1. The van der Waals surface area contributed by atoms with Crippen LogP contribution in [-0.2, 0) is 15.7 Å². The van der Waals surface area contributed by atoms with E-state index < -0.39 is 11.7 Å². The largest absolute Gasteiger partial charge is 0.416 e. The Bertz CT molecular complexity index is 763. The first-order chi connectivity index (χ1) is 15.5. The van der Waals surface area contributed by atoms with Gasteiger partial charge in [-0.25, -0.2) is 0 Å². The van der Waals surface area contributed by atoms with Gasteiger partial charge >= 0.3 is 6.18 Å². The summed E-state index contributed by atoms with van der Waals surface area (Å²) < 4.78 is 44.5. The molecule has 1 amide bonds. The fraction of sp³-hybridized carbons (Fsp3) is 0.720. The molecular formula is C25H38F3N3O2. The molecule has 1 aliphatic carbocycles. The Labute approximate surface area is 195 Å². The van der Waals surface area contributed by atoms with Crippen molar-refractivity contribution in [2.75, 3.05) is 44.2 Å². The molecule has 1 saturated carbocycles. The first kappa shape index (κ1) is 25.8. The molecular weight excluding hydrogens is 431 g/mol. The molecule has 0 aromatic heterocycles. The number of carbonyl (C=O) groups excluding carboxylic acids is 1. The summed E-state index contributed by atoms with van der Waals surface area (Å²) in [7, 11) is 0. The van der Waals surface area contributed by atoms with E-state index in [0.717, 1.165) is 70.9 Å². The molecule has 186 valence electrons. The van der Waals surface area contributed by atoms with Crippen molar-refractivity contribution in [3.05, 3.63) is 29.8 Å². The summed E-state index contributed by atoms with van der Waals surface area (Å²) >= 11 is 0. The Morgan fingerprint density at radius 3 is 2.33 bits per heavy atom. The summed E-state index contributed by atoms with van der Waals surface area (Å²) in [4.78, 5) is 16.5. The number of hydrogen-bond donors (Lipinski definition) is 1. The normalized spacial score (nSPS) is 22.9. The summed E-state index contributed by atoms with van der Waals surface area (Å²) in [5, 5.41) is 3.10. The highest BCUT2D eigenvalue weighted by atomic mass is 19.4. The third-order valence-corrected chi connectivity index (χ3v) is 6.61. The molecule has 0 unspecified atom stereocenters. The van der Waals surface area contributed by atoms with Crippen LogP contribution in [0.2, 0.25) is 0 Å². The highest BCUT2D eigenvalue weighted by Crippen LogP contribution is 2.32. The van der Waals surface area contributed by atoms with Gasteiger partial charge in [-0.2, -0.15) is 13.2 Å². The van der Waals surface area contributed by atoms with Crippen LogP contribution in [0.15, 0.2) is 24.3 Å². The summed E-state index contributed by atoms with van der Waals surface area (Å²) in [5.41, 5.74) is -0.248. The number of benzene rings is 1. The van der Waals surface area contributed by atoms with Crippen LogP contribution in [0.3, 0.4) is 0 Å². The van der Waals surface area contributed by atoms with Gasteiger partial charge in [-0.05, 0) is 83.5 Å². The zero-order valence-electron chi connectivity index (χ0n) is 20.1. The predicted octanol–water partition coefficient (Wildman–Crippen LogP) is 4.71. The fourth-order valence-electron chi connectivity index (χ4n) is 4.62. The molecule has 1 saturated heterocycles. The summed E-state index contributed by atoms with van der Waals surface area (Å²) in [6.07, 6.45) is 1.09. The van der Waals surface area contributed by atoms with Gasteiger partial charge in [0.05, 0.1) is 11.2 Å². The van der Waals surface area contributed by atoms with Crippen molar-refractivity contribution in [3.8, 4) is 0 Å². The van der Waals surface area contributed by atoms with E-state index in [0.29, 0.717) is 11.6 Å². The summed E-state index contributed by atoms with van der Waals surface area (Å²) in [6.45, 7) is 10.2. The summed E-state index contributed by atoms with van der Waals surface area (Å²) in [5.74, 6) is 0.637. The minimum atomic E-state index is -4.31. The van der Waals surface area contributed by atoms with Crippen LogP contribution in [0.1, 0.15) is 58.4 Å². The Morgan fingerprint density at radius 1 is 1.06 bits per heavy atom. The molecule has 1 aliphatic heterocycles. The van der Waals surface area contributed by atoms with Gasteiger partial charge in [0.25, 0.3) is 0 Å². The monoisotopic (exact) mass is 469 g/mol. The van der Waals surface area contributed by atoms with E-state index in [1.807, 2.05) is 25.7 Å². The van der Waals surface area contributed by atoms with E-state index in [1.54, 1.807) is 6.07 Å². The predicted molar refractivity (Wildman–Crippen MR) is 124 cm³/mol. The highest BCUT2D eigenvalue weighted by Gasteiger charge is 2.31. The summed E-state index contributed by atoms with van der Waals surface area (Å²) in [6, 6.07) is 5.87. The van der Waals surface area contributed by atoms with Gasteiger partial charge in [-0.15, -0.1) is 0 Å². The van der Waals surface area contributed by atoms with E-state index >= 15 is 0 Å². The third kappa shape index (κ3) is 8.49. The van der Waals surface area contributed by atoms with Gasteiger partial charge in [0, 0.05) is 37.9 Å². The van der Waals surface area contributed by atoms with Crippen LogP contribution in [0, 0.1) is 5.92 Å². The van der Waals surface area contributed by atoms with Crippen molar-refractivity contribution in [2.45, 2.75) is 70.7 Å². The molecule has 3 rings (SSSR count). The highest BCUT2D eigenvalue weighted by molar-refractivity contribution is 5.77. The fourth-order valence-corrected chi connectivity index (χ4v) is 4.62. The van der Waals surface area contributed by atoms with Crippen molar-refractivity contribution in [1.29, 1.82) is 0 Å². The van der Waals surface area contributed by atoms with Gasteiger partial charge in [0.1, 0.15) is 6.61 Å². The van der Waals surface area contributed by atoms with Crippen LogP contribution in [0.5, 0.6) is 0 Å². The molecule has 1 aromatic carbocycles. The van der Waals surface area contributed by atoms with E-state index in [9.17, 15) is 18.0 Å². The van der Waals surface area contributed by atoms with E-state index in [-0.39, 0.29) is 24.2 Å². The van der Waals surface area contributed by atoms with Crippen LogP contribution in [0.4, 0.5) is 18.9 Å². The Kier molecular flexibility index (Phi) is 8.67. The molecule has 2 aliphatic rings. The maximum atomic E-state index is 13.0. The van der Waals surface area contributed by atoms with Gasteiger partial charge in [0.2, 0.25) is 5.91 Å². The van der Waals surface area contributed by atoms with Crippen LogP contribution in [0.25, 0.3) is 0 Å². The van der Waals surface area contributed by atoms with Gasteiger partial charge < -0.3 is 15.0 Å². The molecule has 1 N–H and O–H groups in total. The quantitative estimate of drug-likeness (QED) is 0.628. The second-order valence-electron chi connectivity index (χ2n) is 10.4. The number of amides is 1. The van der Waals surface area contributed by atoms with E-state index in [4.69, 9.17) is 4.74 Å². The Morgan fingerprint density at radius 2 is 1.73 bits per heavy atom. The maximum Gasteiger partial charge on any atom is 0.416 e. The lowest BCUT2D eigenvalue weighted by Crippen LogP contribution is -2.47. The molecule has 0 atom stereocenters. The lowest BCUT2D eigenvalue weighted by molar-refractivity contribution is -0.137. The Hall–Kier alpha value is -1.80. The van der Waals surface area contributed by atoms with E-state index in [2.05, 4.69) is 10.2 Å². The third-order valence-electron chi connectivity index (χ3n) is 6.61. The van der Waals surface area contributed by atoms with Crippen molar-refractivity contribution in [3.63, 3.8) is 0 Å². The molecule has 0 radical (unpaired) electrons. The van der Waals surface area contributed by atoms with Gasteiger partial charge in [0.15, 0.2) is 0 Å². The number of halogens is 3. The number of hydrogen-bond acceptors (Lipinski definition) is 4. The molecule has 8 heteroatoms. The standard InChI is InChI=1S/C25H38F3N3O2/c1-24(2,3)33-18-23(32)29-21-9-7-19(8-10-21)11-12-30-13-15-31(16-14-30)22-6-4-5-20(17-22)25(26,27)28/h4-6,17,19,21H,7-16,18H2,1-3H3,(H,29,32). The lowest BCUT2D eigenvalue weighted by atomic mass is 9.84. The molecule has 5 nitrogen and oxygen atoms in total. The van der Waals surface area contributed by atoms with Gasteiger partial charge in [-0.3, -0.25) is 9.69 Å². The second kappa shape index (κ2) is 11.1. The zero-order valence-corrected chi connectivity index (χ0v) is 20.1. The number of nitrogens with one attached hydrogen (secondary N) is 1. The molecule has 2 fully saturated rings. The number of alkyl halides is 3.